The van der Waals surface area contributed by atoms with Crippen molar-refractivity contribution >= 4 is 16.9 Å². The minimum Gasteiger partial charge on any atom is -0.274 e. The molecule has 1 aromatic carbocycles. The highest BCUT2D eigenvalue weighted by Gasteiger charge is 2.19. The maximum atomic E-state index is 12.1. The number of amides is 1. The van der Waals surface area contributed by atoms with Crippen LogP contribution in [0.1, 0.15) is 16.8 Å². The zero-order chi connectivity index (χ0) is 11.7. The topological polar surface area (TPSA) is 58.1 Å². The van der Waals surface area contributed by atoms with Crippen molar-refractivity contribution in [2.45, 2.75) is 6.42 Å². The molecule has 1 amide bonds. The molecule has 0 atom stereocenters. The zero-order valence-corrected chi connectivity index (χ0v) is 9.26. The van der Waals surface area contributed by atoms with E-state index in [9.17, 15) is 4.79 Å². The number of nitrogens with one attached hydrogen (secondary N) is 1. The first kappa shape index (κ1) is 10.2. The normalized spacial score (nSPS) is 15.4. The first-order valence-corrected chi connectivity index (χ1v) is 5.61. The summed E-state index contributed by atoms with van der Waals surface area (Å²) in [5, 5.41) is 1.65. The Balaban J connectivity index is 1.97. The molecule has 2 aromatic rings. The third-order valence-corrected chi connectivity index (χ3v) is 2.82. The van der Waals surface area contributed by atoms with Gasteiger partial charge in [-0.15, -0.1) is 0 Å². The van der Waals surface area contributed by atoms with E-state index in [1.54, 1.807) is 29.5 Å². The maximum Gasteiger partial charge on any atom is 0.268 e. The second kappa shape index (κ2) is 4.10. The monoisotopic (exact) mass is 228 g/mol. The number of carbonyl (C=O) groups excluding carboxylic acids is 1. The highest BCUT2D eigenvalue weighted by Crippen LogP contribution is 2.13. The van der Waals surface area contributed by atoms with Crippen LogP contribution in [0.25, 0.3) is 11.0 Å². The molecule has 1 fully saturated rings. The van der Waals surface area contributed by atoms with Gasteiger partial charge in [-0.2, -0.15) is 0 Å². The maximum absolute atomic E-state index is 12.1. The number of hydrogen-bond donors (Lipinski definition) is 1. The number of hydrazine groups is 1. The number of rotatable bonds is 1. The van der Waals surface area contributed by atoms with Crippen LogP contribution in [0.3, 0.4) is 0 Å². The van der Waals surface area contributed by atoms with Gasteiger partial charge in [0, 0.05) is 31.0 Å². The van der Waals surface area contributed by atoms with E-state index in [4.69, 9.17) is 0 Å². The lowest BCUT2D eigenvalue weighted by atomic mass is 10.2. The van der Waals surface area contributed by atoms with Crippen LogP contribution >= 0.6 is 0 Å². The summed E-state index contributed by atoms with van der Waals surface area (Å²) >= 11 is 0. The predicted octanol–water partition coefficient (Wildman–Crippen LogP) is 0.980. The van der Waals surface area contributed by atoms with Gasteiger partial charge < -0.3 is 0 Å². The number of hydrogen-bond acceptors (Lipinski definition) is 4. The van der Waals surface area contributed by atoms with Gasteiger partial charge in [0.2, 0.25) is 0 Å². The molecule has 1 N–H and O–H groups in total. The van der Waals surface area contributed by atoms with Crippen LogP contribution in [0.2, 0.25) is 0 Å². The average Bonchev–Trinajstić information content (AvgIpc) is 2.91. The summed E-state index contributed by atoms with van der Waals surface area (Å²) in [4.78, 5) is 20.5. The number of benzene rings is 1. The van der Waals surface area contributed by atoms with Crippen molar-refractivity contribution in [1.29, 1.82) is 0 Å². The van der Waals surface area contributed by atoms with Crippen LogP contribution in [0.15, 0.2) is 30.6 Å². The number of fused-ring (bicyclic) bond motifs is 1. The van der Waals surface area contributed by atoms with Crippen molar-refractivity contribution < 1.29 is 4.79 Å². The van der Waals surface area contributed by atoms with Gasteiger partial charge >= 0.3 is 0 Å². The van der Waals surface area contributed by atoms with Crippen LogP contribution in [0, 0.1) is 0 Å². The van der Waals surface area contributed by atoms with Gasteiger partial charge in [-0.05, 0) is 24.6 Å². The molecule has 1 aliphatic heterocycles. The summed E-state index contributed by atoms with van der Waals surface area (Å²) in [7, 11) is 0. The van der Waals surface area contributed by atoms with E-state index in [0.29, 0.717) is 5.56 Å². The Morgan fingerprint density at radius 3 is 2.82 bits per heavy atom. The van der Waals surface area contributed by atoms with E-state index in [0.717, 1.165) is 30.5 Å². The Kier molecular flexibility index (Phi) is 2.45. The second-order valence-corrected chi connectivity index (χ2v) is 3.98. The van der Waals surface area contributed by atoms with E-state index < -0.39 is 0 Å². The summed E-state index contributed by atoms with van der Waals surface area (Å²) in [6.45, 7) is 1.62. The van der Waals surface area contributed by atoms with Gasteiger partial charge in [0.25, 0.3) is 5.91 Å². The summed E-state index contributed by atoms with van der Waals surface area (Å²) in [5.74, 6) is -0.00458. The van der Waals surface area contributed by atoms with Crippen LogP contribution in [-0.2, 0) is 0 Å². The molecule has 0 saturated carbocycles. The first-order valence-electron chi connectivity index (χ1n) is 5.61. The van der Waals surface area contributed by atoms with Gasteiger partial charge in [-0.3, -0.25) is 19.8 Å². The van der Waals surface area contributed by atoms with E-state index >= 15 is 0 Å². The minimum atomic E-state index is -0.00458. The Morgan fingerprint density at radius 2 is 2.06 bits per heavy atom. The van der Waals surface area contributed by atoms with Crippen LogP contribution < -0.4 is 5.43 Å². The lowest BCUT2D eigenvalue weighted by molar-refractivity contribution is 0.0726. The van der Waals surface area contributed by atoms with E-state index in [2.05, 4.69) is 15.4 Å². The fourth-order valence-electron chi connectivity index (χ4n) is 1.96. The molecule has 1 saturated heterocycles. The molecule has 1 aromatic heterocycles. The molecule has 0 bridgehead atoms. The smallest absolute Gasteiger partial charge is 0.268 e. The molecule has 17 heavy (non-hydrogen) atoms. The third-order valence-electron chi connectivity index (χ3n) is 2.82. The largest absolute Gasteiger partial charge is 0.274 e. The molecule has 86 valence electrons. The Morgan fingerprint density at radius 1 is 1.24 bits per heavy atom. The number of carbonyl (C=O) groups is 1. The quantitative estimate of drug-likeness (QED) is 0.790. The molecule has 0 unspecified atom stereocenters. The highest BCUT2D eigenvalue weighted by atomic mass is 16.2. The fourth-order valence-corrected chi connectivity index (χ4v) is 1.96. The van der Waals surface area contributed by atoms with Crippen LogP contribution in [0.5, 0.6) is 0 Å². The lowest BCUT2D eigenvalue weighted by Crippen LogP contribution is -2.36. The van der Waals surface area contributed by atoms with E-state index in [1.807, 2.05) is 6.07 Å². The van der Waals surface area contributed by atoms with Crippen molar-refractivity contribution in [3.63, 3.8) is 0 Å². The summed E-state index contributed by atoms with van der Waals surface area (Å²) in [6, 6.07) is 5.40. The molecule has 3 rings (SSSR count). The van der Waals surface area contributed by atoms with Crippen molar-refractivity contribution in [2.24, 2.45) is 0 Å². The minimum absolute atomic E-state index is 0.00458. The molecule has 0 aliphatic carbocycles. The van der Waals surface area contributed by atoms with Gasteiger partial charge in [-0.1, -0.05) is 0 Å². The van der Waals surface area contributed by atoms with E-state index in [-0.39, 0.29) is 5.91 Å². The molecule has 5 heteroatoms. The average molecular weight is 228 g/mol. The van der Waals surface area contributed by atoms with Crippen molar-refractivity contribution in [1.82, 2.24) is 20.4 Å². The SMILES string of the molecule is O=C(c1ccc2nccnc2c1)N1CCCN1. The van der Waals surface area contributed by atoms with Gasteiger partial charge in [0.05, 0.1) is 11.0 Å². The van der Waals surface area contributed by atoms with E-state index in [1.165, 1.54) is 0 Å². The fraction of sp³-hybridized carbons (Fsp3) is 0.250. The Bertz CT molecular complexity index is 563. The van der Waals surface area contributed by atoms with Gasteiger partial charge in [-0.25, -0.2) is 5.43 Å². The molecule has 2 heterocycles. The van der Waals surface area contributed by atoms with Gasteiger partial charge in [0.15, 0.2) is 0 Å². The third kappa shape index (κ3) is 1.85. The summed E-state index contributed by atoms with van der Waals surface area (Å²) < 4.78 is 0. The van der Waals surface area contributed by atoms with Crippen LogP contribution in [-0.4, -0.2) is 34.0 Å². The van der Waals surface area contributed by atoms with Crippen molar-refractivity contribution in [3.8, 4) is 0 Å². The molecule has 1 aliphatic rings. The molecule has 0 spiro atoms. The molecule has 0 radical (unpaired) electrons. The van der Waals surface area contributed by atoms with Crippen molar-refractivity contribution in [2.75, 3.05) is 13.1 Å². The molecular formula is C12H12N4O. The van der Waals surface area contributed by atoms with Gasteiger partial charge in [0.1, 0.15) is 0 Å². The van der Waals surface area contributed by atoms with Crippen molar-refractivity contribution in [3.05, 3.63) is 36.2 Å². The number of aromatic nitrogens is 2. The molecular weight excluding hydrogens is 216 g/mol. The number of nitrogens with zero attached hydrogens (tertiary/aromatic N) is 3. The Labute approximate surface area is 98.4 Å². The standard InChI is InChI=1S/C12H12N4O/c17-12(16-7-1-4-15-16)9-2-3-10-11(8-9)14-6-5-13-10/h2-3,5-6,8,15H,1,4,7H2. The Hall–Kier alpha value is -2.01. The zero-order valence-electron chi connectivity index (χ0n) is 9.26. The predicted molar refractivity (Wildman–Crippen MR) is 63.2 cm³/mol. The summed E-state index contributed by atoms with van der Waals surface area (Å²) in [5.41, 5.74) is 5.25. The first-order chi connectivity index (χ1) is 8.34. The van der Waals surface area contributed by atoms with Crippen LogP contribution in [0.4, 0.5) is 0 Å². The lowest BCUT2D eigenvalue weighted by Gasteiger charge is -2.15. The summed E-state index contributed by atoms with van der Waals surface area (Å²) in [6.07, 6.45) is 4.27. The molecule has 5 nitrogen and oxygen atoms in total. The second-order valence-electron chi connectivity index (χ2n) is 3.98. The highest BCUT2D eigenvalue weighted by molar-refractivity contribution is 5.97.